The Kier molecular flexibility index (Phi) is 6.58. The highest BCUT2D eigenvalue weighted by molar-refractivity contribution is 5.94. The van der Waals surface area contributed by atoms with Crippen molar-refractivity contribution in [3.63, 3.8) is 0 Å². The molecular formula is C14H19ClFN3O2. The summed E-state index contributed by atoms with van der Waals surface area (Å²) in [6, 6.07) is 4.05. The highest BCUT2D eigenvalue weighted by Gasteiger charge is 2.20. The molecule has 0 unspecified atom stereocenters. The molecule has 0 aromatic heterocycles. The van der Waals surface area contributed by atoms with E-state index >= 15 is 0 Å². The van der Waals surface area contributed by atoms with Gasteiger partial charge < -0.3 is 16.0 Å². The Bertz CT molecular complexity index is 521. The maximum atomic E-state index is 13.6. The first-order chi connectivity index (χ1) is 9.54. The number of halogens is 2. The lowest BCUT2D eigenvalue weighted by atomic mass is 10.2. The molecule has 2 rings (SSSR count). The van der Waals surface area contributed by atoms with Crippen molar-refractivity contribution in [2.24, 2.45) is 5.92 Å². The number of benzene rings is 1. The van der Waals surface area contributed by atoms with E-state index in [1.165, 1.54) is 38.0 Å². The van der Waals surface area contributed by atoms with Crippen LogP contribution in [-0.2, 0) is 9.59 Å². The van der Waals surface area contributed by atoms with Gasteiger partial charge in [0.25, 0.3) is 0 Å². The number of amides is 2. The minimum Gasteiger partial charge on any atom is -0.326 e. The summed E-state index contributed by atoms with van der Waals surface area (Å²) in [5, 5.41) is 8.06. The third-order valence-corrected chi connectivity index (χ3v) is 2.98. The molecule has 0 radical (unpaired) electrons. The summed E-state index contributed by atoms with van der Waals surface area (Å²) in [7, 11) is 0. The second-order valence-electron chi connectivity index (χ2n) is 5.00. The Morgan fingerprint density at radius 1 is 1.29 bits per heavy atom. The quantitative estimate of drug-likeness (QED) is 0.753. The number of nitrogens with one attached hydrogen (secondary N) is 3. The lowest BCUT2D eigenvalue weighted by molar-refractivity contribution is -0.115. The third-order valence-electron chi connectivity index (χ3n) is 2.98. The van der Waals surface area contributed by atoms with E-state index < -0.39 is 5.82 Å². The Morgan fingerprint density at radius 2 is 2.00 bits per heavy atom. The highest BCUT2D eigenvalue weighted by Crippen LogP contribution is 2.27. The summed E-state index contributed by atoms with van der Waals surface area (Å²) >= 11 is 0. The van der Waals surface area contributed by atoms with Crippen molar-refractivity contribution in [3.8, 4) is 0 Å². The lowest BCUT2D eigenvalue weighted by Crippen LogP contribution is -2.29. The molecule has 1 saturated carbocycles. The van der Waals surface area contributed by atoms with Crippen molar-refractivity contribution < 1.29 is 14.0 Å². The van der Waals surface area contributed by atoms with Crippen LogP contribution in [0.3, 0.4) is 0 Å². The molecule has 3 N–H and O–H groups in total. The molecule has 0 saturated heterocycles. The van der Waals surface area contributed by atoms with Gasteiger partial charge in [0.15, 0.2) is 0 Å². The van der Waals surface area contributed by atoms with Crippen LogP contribution >= 0.6 is 12.4 Å². The summed E-state index contributed by atoms with van der Waals surface area (Å²) in [6.07, 6.45) is 2.42. The summed E-state index contributed by atoms with van der Waals surface area (Å²) in [4.78, 5) is 22.6. The molecule has 1 aromatic carbocycles. The van der Waals surface area contributed by atoms with Crippen LogP contribution < -0.4 is 16.0 Å². The van der Waals surface area contributed by atoms with Crippen molar-refractivity contribution in [3.05, 3.63) is 24.0 Å². The van der Waals surface area contributed by atoms with Crippen molar-refractivity contribution in [2.75, 3.05) is 23.7 Å². The fourth-order valence-corrected chi connectivity index (χ4v) is 1.81. The van der Waals surface area contributed by atoms with Crippen molar-refractivity contribution in [1.82, 2.24) is 5.32 Å². The van der Waals surface area contributed by atoms with Crippen LogP contribution in [-0.4, -0.2) is 24.9 Å². The summed E-state index contributed by atoms with van der Waals surface area (Å²) in [5.74, 6) is -0.401. The van der Waals surface area contributed by atoms with Gasteiger partial charge in [-0.1, -0.05) is 0 Å². The zero-order chi connectivity index (χ0) is 14.5. The molecule has 1 aliphatic rings. The Morgan fingerprint density at radius 3 is 2.62 bits per heavy atom. The molecule has 116 valence electrons. The summed E-state index contributed by atoms with van der Waals surface area (Å²) in [6.45, 7) is 2.34. The largest absolute Gasteiger partial charge is 0.326 e. The highest BCUT2D eigenvalue weighted by atomic mass is 35.5. The molecule has 1 aliphatic carbocycles. The van der Waals surface area contributed by atoms with Crippen LogP contribution in [0.5, 0.6) is 0 Å². The second-order valence-corrected chi connectivity index (χ2v) is 5.00. The van der Waals surface area contributed by atoms with Gasteiger partial charge in [0.05, 0.1) is 12.2 Å². The zero-order valence-electron chi connectivity index (χ0n) is 11.7. The standard InChI is InChI=1S/C14H18FN3O2.ClH/c1-9(19)17-11-4-5-12(15)13(6-11)18-14(20)8-16-7-10-2-3-10;/h4-6,10,16H,2-3,7-8H2,1H3,(H,17,19)(H,18,20);1H. The topological polar surface area (TPSA) is 70.2 Å². The van der Waals surface area contributed by atoms with E-state index in [1.807, 2.05) is 0 Å². The minimum atomic E-state index is -0.533. The Labute approximate surface area is 129 Å². The smallest absolute Gasteiger partial charge is 0.238 e. The Balaban J connectivity index is 0.00000220. The number of anilines is 2. The number of hydrogen-bond acceptors (Lipinski definition) is 3. The van der Waals surface area contributed by atoms with Crippen molar-refractivity contribution in [1.29, 1.82) is 0 Å². The molecule has 21 heavy (non-hydrogen) atoms. The van der Waals surface area contributed by atoms with Gasteiger partial charge in [-0.25, -0.2) is 4.39 Å². The molecule has 0 spiro atoms. The molecule has 0 aliphatic heterocycles. The van der Waals surface area contributed by atoms with Crippen LogP contribution in [0.2, 0.25) is 0 Å². The van der Waals surface area contributed by atoms with Gasteiger partial charge in [-0.05, 0) is 43.5 Å². The maximum absolute atomic E-state index is 13.6. The first-order valence-electron chi connectivity index (χ1n) is 6.62. The molecule has 2 amide bonds. The molecule has 5 nitrogen and oxygen atoms in total. The predicted octanol–water partition coefficient (Wildman–Crippen LogP) is 2.14. The van der Waals surface area contributed by atoms with E-state index in [2.05, 4.69) is 16.0 Å². The van der Waals surface area contributed by atoms with Crippen LogP contribution in [0.1, 0.15) is 19.8 Å². The SMILES string of the molecule is CC(=O)Nc1ccc(F)c(NC(=O)CNCC2CC2)c1.Cl. The average Bonchev–Trinajstić information content (AvgIpc) is 3.17. The van der Waals surface area contributed by atoms with Gasteiger partial charge >= 0.3 is 0 Å². The van der Waals surface area contributed by atoms with Gasteiger partial charge in [0.1, 0.15) is 5.82 Å². The number of carbonyl (C=O) groups is 2. The number of rotatable bonds is 6. The summed E-state index contributed by atoms with van der Waals surface area (Å²) < 4.78 is 13.6. The average molecular weight is 316 g/mol. The molecule has 1 aromatic rings. The van der Waals surface area contributed by atoms with Crippen LogP contribution in [0.25, 0.3) is 0 Å². The van der Waals surface area contributed by atoms with Crippen molar-refractivity contribution in [2.45, 2.75) is 19.8 Å². The van der Waals surface area contributed by atoms with Crippen LogP contribution in [0.15, 0.2) is 18.2 Å². The first kappa shape index (κ1) is 17.4. The molecule has 7 heteroatoms. The van der Waals surface area contributed by atoms with Gasteiger partial charge in [-0.3, -0.25) is 9.59 Å². The van der Waals surface area contributed by atoms with E-state index in [0.29, 0.717) is 11.6 Å². The maximum Gasteiger partial charge on any atom is 0.238 e. The molecule has 0 heterocycles. The number of carbonyl (C=O) groups excluding carboxylic acids is 2. The predicted molar refractivity (Wildman–Crippen MR) is 82.2 cm³/mol. The van der Waals surface area contributed by atoms with E-state index in [9.17, 15) is 14.0 Å². The molecule has 0 bridgehead atoms. The molecule has 0 atom stereocenters. The fraction of sp³-hybridized carbons (Fsp3) is 0.429. The second kappa shape index (κ2) is 7.95. The zero-order valence-corrected chi connectivity index (χ0v) is 12.6. The summed E-state index contributed by atoms with van der Waals surface area (Å²) in [5.41, 5.74) is 0.509. The van der Waals surface area contributed by atoms with E-state index in [-0.39, 0.29) is 36.5 Å². The van der Waals surface area contributed by atoms with Gasteiger partial charge in [0, 0.05) is 12.6 Å². The first-order valence-corrected chi connectivity index (χ1v) is 6.62. The normalized spacial score (nSPS) is 13.2. The fourth-order valence-electron chi connectivity index (χ4n) is 1.81. The van der Waals surface area contributed by atoms with Gasteiger partial charge in [-0.15, -0.1) is 12.4 Å². The monoisotopic (exact) mass is 315 g/mol. The third kappa shape index (κ3) is 6.10. The minimum absolute atomic E-state index is 0. The van der Waals surface area contributed by atoms with Crippen LogP contribution in [0.4, 0.5) is 15.8 Å². The van der Waals surface area contributed by atoms with E-state index in [0.717, 1.165) is 6.54 Å². The molecular weight excluding hydrogens is 297 g/mol. The Hall–Kier alpha value is -1.66. The van der Waals surface area contributed by atoms with Gasteiger partial charge in [-0.2, -0.15) is 0 Å². The number of hydrogen-bond donors (Lipinski definition) is 3. The van der Waals surface area contributed by atoms with Crippen molar-refractivity contribution >= 4 is 35.6 Å². The van der Waals surface area contributed by atoms with E-state index in [4.69, 9.17) is 0 Å². The van der Waals surface area contributed by atoms with E-state index in [1.54, 1.807) is 0 Å². The molecule has 1 fully saturated rings. The van der Waals surface area contributed by atoms with Crippen LogP contribution in [0, 0.1) is 11.7 Å². The lowest BCUT2D eigenvalue weighted by Gasteiger charge is -2.09. The van der Waals surface area contributed by atoms with Gasteiger partial charge in [0.2, 0.25) is 11.8 Å².